The molecule has 1 aliphatic heterocycles. The van der Waals surface area contributed by atoms with Crippen LogP contribution < -0.4 is 21.3 Å². The van der Waals surface area contributed by atoms with E-state index in [1.54, 1.807) is 13.8 Å². The number of carbonyl (C=O) groups is 6. The van der Waals surface area contributed by atoms with E-state index in [0.29, 0.717) is 32.1 Å². The molecule has 0 aromatic rings. The lowest BCUT2D eigenvalue weighted by molar-refractivity contribution is -0.157. The maximum atomic E-state index is 13.9. The van der Waals surface area contributed by atoms with E-state index >= 15 is 0 Å². The average Bonchev–Trinajstić information content (AvgIpc) is 3.09. The van der Waals surface area contributed by atoms with Crippen LogP contribution in [0.15, 0.2) is 0 Å². The summed E-state index contributed by atoms with van der Waals surface area (Å²) in [4.78, 5) is 81.3. The van der Waals surface area contributed by atoms with Gasteiger partial charge in [0.15, 0.2) is 0 Å². The van der Waals surface area contributed by atoms with Crippen molar-refractivity contribution in [2.45, 2.75) is 148 Å². The van der Waals surface area contributed by atoms with E-state index in [-0.39, 0.29) is 0 Å². The minimum atomic E-state index is -1.51. The van der Waals surface area contributed by atoms with Crippen LogP contribution >= 0.6 is 0 Å². The molecular formula is C35H63N5O9. The van der Waals surface area contributed by atoms with Crippen molar-refractivity contribution in [3.63, 3.8) is 0 Å². The predicted molar refractivity (Wildman–Crippen MR) is 185 cm³/mol. The van der Waals surface area contributed by atoms with Crippen LogP contribution in [0.4, 0.5) is 0 Å². The van der Waals surface area contributed by atoms with E-state index in [1.807, 2.05) is 13.8 Å². The highest BCUT2D eigenvalue weighted by atomic mass is 16.5. The summed E-state index contributed by atoms with van der Waals surface area (Å²) in [6, 6.07) is -5.06. The van der Waals surface area contributed by atoms with Gasteiger partial charge in [-0.15, -0.1) is 0 Å². The van der Waals surface area contributed by atoms with E-state index in [1.165, 1.54) is 31.2 Å². The smallest absolute Gasteiger partial charge is 0.325 e. The molecule has 0 spiro atoms. The fourth-order valence-electron chi connectivity index (χ4n) is 5.79. The third-order valence-electron chi connectivity index (χ3n) is 9.35. The van der Waals surface area contributed by atoms with Gasteiger partial charge in [-0.3, -0.25) is 28.8 Å². The molecule has 1 rings (SSSR count). The molecule has 0 unspecified atom stereocenters. The molecule has 282 valence electrons. The summed E-state index contributed by atoms with van der Waals surface area (Å²) in [5, 5.41) is 29.6. The number of cyclic esters (lactones) is 1. The first-order chi connectivity index (χ1) is 23.4. The number of rotatable bonds is 16. The quantitative estimate of drug-likeness (QED) is 0.103. The SMILES string of the molecule is CCCCCCCCCC[C@H]1OC(=O)CNC(=O)[C@H](CO)NC(=O)[C@H](CO)NC(=O)[C@H]([C@@H](C)CC)NC(=O)[C@H](CCCC)N(C)C(=O)[C@@H]1C. The third-order valence-corrected chi connectivity index (χ3v) is 9.35. The average molecular weight is 698 g/mol. The summed E-state index contributed by atoms with van der Waals surface area (Å²) >= 11 is 0. The number of unbranched alkanes of at least 4 members (excludes halogenated alkanes) is 8. The van der Waals surface area contributed by atoms with Crippen molar-refractivity contribution < 1.29 is 43.7 Å². The predicted octanol–water partition coefficient (Wildman–Crippen LogP) is 1.70. The molecule has 0 aromatic heterocycles. The minimum Gasteiger partial charge on any atom is -0.460 e. The molecule has 0 aliphatic carbocycles. The van der Waals surface area contributed by atoms with Gasteiger partial charge in [0.2, 0.25) is 29.5 Å². The Morgan fingerprint density at radius 2 is 1.29 bits per heavy atom. The Kier molecular flexibility index (Phi) is 21.4. The first-order valence-corrected chi connectivity index (χ1v) is 18.2. The molecule has 5 amide bonds. The number of nitrogens with zero attached hydrogens (tertiary/aromatic N) is 1. The molecule has 1 heterocycles. The van der Waals surface area contributed by atoms with Gasteiger partial charge in [-0.25, -0.2) is 0 Å². The standard InChI is InChI=1S/C35H63N5O9/c1-7-10-12-13-14-15-16-17-19-28-24(5)35(48)40(6)27(18-11-8-2)33(46)39-30(23(4)9-3)34(47)38-26(22-42)32(45)37-25(21-41)31(44)36-20-29(43)49-28/h23-28,30,41-42H,7-22H2,1-6H3,(H,36,44)(H,37,45)(H,38,47)(H,39,46)/t23-,24+,25-,26-,27-,28+,30-/m0/s1. The molecule has 0 radical (unpaired) electrons. The number of amides is 5. The lowest BCUT2D eigenvalue weighted by Gasteiger charge is -2.34. The largest absolute Gasteiger partial charge is 0.460 e. The van der Waals surface area contributed by atoms with Crippen LogP contribution in [0.1, 0.15) is 118 Å². The van der Waals surface area contributed by atoms with Crippen molar-refractivity contribution in [3.8, 4) is 0 Å². The number of aliphatic hydroxyl groups excluding tert-OH is 2. The maximum Gasteiger partial charge on any atom is 0.325 e. The molecule has 49 heavy (non-hydrogen) atoms. The number of esters is 1. The topological polar surface area (TPSA) is 203 Å². The summed E-state index contributed by atoms with van der Waals surface area (Å²) in [6.07, 6.45) is 10.2. The lowest BCUT2D eigenvalue weighted by Crippen LogP contribution is -2.61. The highest BCUT2D eigenvalue weighted by molar-refractivity contribution is 5.96. The van der Waals surface area contributed by atoms with Crippen LogP contribution in [0.3, 0.4) is 0 Å². The minimum absolute atomic E-state index is 0.324. The lowest BCUT2D eigenvalue weighted by atomic mass is 9.95. The highest BCUT2D eigenvalue weighted by Gasteiger charge is 2.37. The van der Waals surface area contributed by atoms with Gasteiger partial charge in [0.1, 0.15) is 36.8 Å². The van der Waals surface area contributed by atoms with Crippen molar-refractivity contribution in [3.05, 3.63) is 0 Å². The molecular weight excluding hydrogens is 634 g/mol. The molecule has 0 aromatic carbocycles. The van der Waals surface area contributed by atoms with Gasteiger partial charge in [0, 0.05) is 7.05 Å². The van der Waals surface area contributed by atoms with Gasteiger partial charge < -0.3 is 41.1 Å². The Labute approximate surface area is 292 Å². The zero-order valence-corrected chi connectivity index (χ0v) is 30.6. The van der Waals surface area contributed by atoms with Crippen LogP contribution in [0, 0.1) is 11.8 Å². The first-order valence-electron chi connectivity index (χ1n) is 18.2. The van der Waals surface area contributed by atoms with Crippen molar-refractivity contribution >= 4 is 35.5 Å². The van der Waals surface area contributed by atoms with Gasteiger partial charge in [-0.1, -0.05) is 98.8 Å². The number of ether oxygens (including phenoxy) is 1. The normalized spacial score (nSPS) is 26.0. The molecule has 1 aliphatic rings. The van der Waals surface area contributed by atoms with Crippen LogP contribution in [0.2, 0.25) is 0 Å². The number of hydrogen-bond acceptors (Lipinski definition) is 9. The number of hydrogen-bond donors (Lipinski definition) is 6. The van der Waals surface area contributed by atoms with Gasteiger partial charge >= 0.3 is 5.97 Å². The zero-order chi connectivity index (χ0) is 36.9. The van der Waals surface area contributed by atoms with Gasteiger partial charge in [-0.05, 0) is 25.2 Å². The number of likely N-dealkylation sites (N-methyl/N-ethyl adjacent to an activating group) is 1. The summed E-state index contributed by atoms with van der Waals surface area (Å²) in [5.41, 5.74) is 0. The van der Waals surface area contributed by atoms with Crippen molar-refractivity contribution in [1.29, 1.82) is 0 Å². The van der Waals surface area contributed by atoms with Crippen LogP contribution in [0.25, 0.3) is 0 Å². The molecule has 0 saturated carbocycles. The van der Waals surface area contributed by atoms with E-state index in [4.69, 9.17) is 4.74 Å². The molecule has 1 fully saturated rings. The third kappa shape index (κ3) is 15.0. The summed E-state index contributed by atoms with van der Waals surface area (Å²) in [5.74, 6) is -5.55. The van der Waals surface area contributed by atoms with Crippen molar-refractivity contribution in [2.24, 2.45) is 11.8 Å². The molecule has 14 nitrogen and oxygen atoms in total. The fourth-order valence-corrected chi connectivity index (χ4v) is 5.79. The number of nitrogens with one attached hydrogen (secondary N) is 4. The second-order valence-electron chi connectivity index (χ2n) is 13.3. The fraction of sp³-hybridized carbons (Fsp3) is 0.829. The maximum absolute atomic E-state index is 13.9. The highest BCUT2D eigenvalue weighted by Crippen LogP contribution is 2.22. The van der Waals surface area contributed by atoms with Gasteiger partial charge in [-0.2, -0.15) is 0 Å². The molecule has 6 N–H and O–H groups in total. The van der Waals surface area contributed by atoms with Crippen LogP contribution in [0.5, 0.6) is 0 Å². The van der Waals surface area contributed by atoms with Crippen LogP contribution in [-0.4, -0.2) is 108 Å². The van der Waals surface area contributed by atoms with Gasteiger partial charge in [0.25, 0.3) is 0 Å². The van der Waals surface area contributed by atoms with Gasteiger partial charge in [0.05, 0.1) is 19.1 Å². The first kappa shape index (κ1) is 43.8. The summed E-state index contributed by atoms with van der Waals surface area (Å²) in [6.45, 7) is 7.11. The Bertz CT molecular complexity index is 1060. The van der Waals surface area contributed by atoms with E-state index in [2.05, 4.69) is 28.2 Å². The second-order valence-corrected chi connectivity index (χ2v) is 13.3. The molecule has 0 bridgehead atoms. The summed E-state index contributed by atoms with van der Waals surface area (Å²) in [7, 11) is 1.52. The Morgan fingerprint density at radius 3 is 1.86 bits per heavy atom. The molecule has 1 saturated heterocycles. The Balaban J connectivity index is 3.44. The van der Waals surface area contributed by atoms with Crippen LogP contribution in [-0.2, 0) is 33.5 Å². The number of carbonyl (C=O) groups excluding carboxylic acids is 6. The van der Waals surface area contributed by atoms with E-state index in [0.717, 1.165) is 32.1 Å². The van der Waals surface area contributed by atoms with E-state index < -0.39 is 97.4 Å². The molecule has 7 atom stereocenters. The number of aliphatic hydroxyl groups is 2. The van der Waals surface area contributed by atoms with E-state index in [9.17, 15) is 39.0 Å². The zero-order valence-electron chi connectivity index (χ0n) is 30.6. The Hall–Kier alpha value is -3.26. The monoisotopic (exact) mass is 697 g/mol. The second kappa shape index (κ2) is 24.0. The Morgan fingerprint density at radius 1 is 0.735 bits per heavy atom. The molecule has 14 heteroatoms. The van der Waals surface area contributed by atoms with Crippen molar-refractivity contribution in [1.82, 2.24) is 26.2 Å². The van der Waals surface area contributed by atoms with Crippen molar-refractivity contribution in [2.75, 3.05) is 26.8 Å². The summed E-state index contributed by atoms with van der Waals surface area (Å²) < 4.78 is 5.76.